The number of alkyl halides is 3. The number of fused-ring (bicyclic) bond motifs is 1. The Balaban J connectivity index is 2.15. The van der Waals surface area contributed by atoms with Crippen LogP contribution in [0.1, 0.15) is 24.4 Å². The van der Waals surface area contributed by atoms with Crippen molar-refractivity contribution in [3.63, 3.8) is 0 Å². The number of benzene rings is 2. The highest BCUT2D eigenvalue weighted by atomic mass is 19.4. The summed E-state index contributed by atoms with van der Waals surface area (Å²) in [5.41, 5.74) is 6.54. The standard InChI is InChI=1S/C14H14F3N/c15-14(16,17)8-7-13(18)12-6-5-10-3-1-2-4-11(10)9-12/h1-6,9,13H,7-8,18H2/t13-/m1/s1. The van der Waals surface area contributed by atoms with E-state index in [0.29, 0.717) is 0 Å². The van der Waals surface area contributed by atoms with Crippen molar-refractivity contribution in [3.8, 4) is 0 Å². The molecule has 2 aromatic carbocycles. The first-order chi connectivity index (χ1) is 8.46. The first kappa shape index (κ1) is 12.9. The molecule has 0 aliphatic carbocycles. The molecule has 0 aliphatic rings. The molecule has 0 saturated heterocycles. The van der Waals surface area contributed by atoms with Crippen molar-refractivity contribution in [2.75, 3.05) is 0 Å². The third-order valence-electron chi connectivity index (χ3n) is 2.94. The average molecular weight is 253 g/mol. The van der Waals surface area contributed by atoms with Crippen molar-refractivity contribution < 1.29 is 13.2 Å². The van der Waals surface area contributed by atoms with Crippen LogP contribution in [0.4, 0.5) is 13.2 Å². The van der Waals surface area contributed by atoms with Gasteiger partial charge in [0.1, 0.15) is 0 Å². The molecular formula is C14H14F3N. The number of nitrogens with two attached hydrogens (primary N) is 1. The Bertz CT molecular complexity index is 534. The van der Waals surface area contributed by atoms with E-state index in [1.54, 1.807) is 6.07 Å². The molecule has 0 saturated carbocycles. The van der Waals surface area contributed by atoms with Gasteiger partial charge in [0.25, 0.3) is 0 Å². The zero-order valence-corrected chi connectivity index (χ0v) is 9.74. The van der Waals surface area contributed by atoms with E-state index in [1.807, 2.05) is 36.4 Å². The van der Waals surface area contributed by atoms with Crippen molar-refractivity contribution in [1.29, 1.82) is 0 Å². The summed E-state index contributed by atoms with van der Waals surface area (Å²) in [6.45, 7) is 0. The molecule has 0 aliphatic heterocycles. The second kappa shape index (κ2) is 4.98. The molecule has 1 atom stereocenters. The molecule has 0 aromatic heterocycles. The van der Waals surface area contributed by atoms with E-state index in [1.165, 1.54) is 0 Å². The lowest BCUT2D eigenvalue weighted by Gasteiger charge is -2.14. The predicted octanol–water partition coefficient (Wildman–Crippen LogP) is 4.18. The largest absolute Gasteiger partial charge is 0.389 e. The molecular weight excluding hydrogens is 239 g/mol. The van der Waals surface area contributed by atoms with Gasteiger partial charge >= 0.3 is 6.18 Å². The lowest BCUT2D eigenvalue weighted by Crippen LogP contribution is -2.15. The maximum absolute atomic E-state index is 12.1. The van der Waals surface area contributed by atoms with Crippen molar-refractivity contribution in [2.24, 2.45) is 5.73 Å². The molecule has 0 amide bonds. The highest BCUT2D eigenvalue weighted by Crippen LogP contribution is 2.27. The number of hydrogen-bond acceptors (Lipinski definition) is 1. The van der Waals surface area contributed by atoms with Crippen LogP contribution >= 0.6 is 0 Å². The summed E-state index contributed by atoms with van der Waals surface area (Å²) in [6, 6.07) is 12.7. The van der Waals surface area contributed by atoms with Gasteiger partial charge in [-0.2, -0.15) is 13.2 Å². The number of rotatable bonds is 3. The molecule has 0 unspecified atom stereocenters. The van der Waals surface area contributed by atoms with Gasteiger partial charge in [0.2, 0.25) is 0 Å². The lowest BCUT2D eigenvalue weighted by atomic mass is 9.99. The molecule has 2 N–H and O–H groups in total. The van der Waals surface area contributed by atoms with Gasteiger partial charge in [0, 0.05) is 12.5 Å². The van der Waals surface area contributed by atoms with Crippen molar-refractivity contribution in [3.05, 3.63) is 48.0 Å². The first-order valence-electron chi connectivity index (χ1n) is 5.77. The van der Waals surface area contributed by atoms with Gasteiger partial charge in [0.05, 0.1) is 0 Å². The summed E-state index contributed by atoms with van der Waals surface area (Å²) < 4.78 is 36.4. The Morgan fingerprint density at radius 3 is 2.33 bits per heavy atom. The summed E-state index contributed by atoms with van der Waals surface area (Å²) in [7, 11) is 0. The molecule has 0 heterocycles. The maximum Gasteiger partial charge on any atom is 0.389 e. The van der Waals surface area contributed by atoms with Crippen LogP contribution in [0.2, 0.25) is 0 Å². The summed E-state index contributed by atoms with van der Waals surface area (Å²) in [5.74, 6) is 0. The molecule has 2 aromatic rings. The zero-order valence-electron chi connectivity index (χ0n) is 9.74. The summed E-state index contributed by atoms with van der Waals surface area (Å²) in [6.07, 6.45) is -5.07. The second-order valence-electron chi connectivity index (χ2n) is 4.37. The Hall–Kier alpha value is -1.55. The fourth-order valence-corrected chi connectivity index (χ4v) is 1.92. The lowest BCUT2D eigenvalue weighted by molar-refractivity contribution is -0.136. The summed E-state index contributed by atoms with van der Waals surface area (Å²) in [4.78, 5) is 0. The van der Waals surface area contributed by atoms with Crippen LogP contribution in [0.5, 0.6) is 0 Å². The van der Waals surface area contributed by atoms with Crippen LogP contribution in [-0.2, 0) is 0 Å². The molecule has 1 nitrogen and oxygen atoms in total. The second-order valence-corrected chi connectivity index (χ2v) is 4.37. The first-order valence-corrected chi connectivity index (χ1v) is 5.77. The SMILES string of the molecule is N[C@H](CCC(F)(F)F)c1ccc2ccccc2c1. The van der Waals surface area contributed by atoms with Gasteiger partial charge in [-0.25, -0.2) is 0 Å². The van der Waals surface area contributed by atoms with Gasteiger partial charge in [-0.3, -0.25) is 0 Å². The van der Waals surface area contributed by atoms with Crippen LogP contribution in [0.3, 0.4) is 0 Å². The Labute approximate surface area is 103 Å². The average Bonchev–Trinajstić information content (AvgIpc) is 2.34. The monoisotopic (exact) mass is 253 g/mol. The molecule has 96 valence electrons. The highest BCUT2D eigenvalue weighted by Gasteiger charge is 2.27. The van der Waals surface area contributed by atoms with E-state index in [-0.39, 0.29) is 6.42 Å². The third-order valence-corrected chi connectivity index (χ3v) is 2.94. The fourth-order valence-electron chi connectivity index (χ4n) is 1.92. The molecule has 0 radical (unpaired) electrons. The zero-order chi connectivity index (χ0) is 13.2. The van der Waals surface area contributed by atoms with Crippen LogP contribution in [0.25, 0.3) is 10.8 Å². The van der Waals surface area contributed by atoms with E-state index in [2.05, 4.69) is 0 Å². The highest BCUT2D eigenvalue weighted by molar-refractivity contribution is 5.83. The van der Waals surface area contributed by atoms with Gasteiger partial charge in [-0.05, 0) is 28.8 Å². The van der Waals surface area contributed by atoms with Crippen molar-refractivity contribution >= 4 is 10.8 Å². The third kappa shape index (κ3) is 3.23. The van der Waals surface area contributed by atoms with Crippen LogP contribution < -0.4 is 5.73 Å². The minimum Gasteiger partial charge on any atom is -0.324 e. The maximum atomic E-state index is 12.1. The molecule has 0 bridgehead atoms. The van der Waals surface area contributed by atoms with Crippen LogP contribution in [0, 0.1) is 0 Å². The molecule has 18 heavy (non-hydrogen) atoms. The van der Waals surface area contributed by atoms with Crippen LogP contribution in [-0.4, -0.2) is 6.18 Å². The smallest absolute Gasteiger partial charge is 0.324 e. The van der Waals surface area contributed by atoms with Gasteiger partial charge in [0.15, 0.2) is 0 Å². The van der Waals surface area contributed by atoms with E-state index < -0.39 is 18.6 Å². The van der Waals surface area contributed by atoms with E-state index in [4.69, 9.17) is 5.73 Å². The minimum absolute atomic E-state index is 0.0815. The van der Waals surface area contributed by atoms with E-state index in [0.717, 1.165) is 16.3 Å². The fraction of sp³-hybridized carbons (Fsp3) is 0.286. The molecule has 0 fully saturated rings. The van der Waals surface area contributed by atoms with E-state index in [9.17, 15) is 13.2 Å². The van der Waals surface area contributed by atoms with Gasteiger partial charge < -0.3 is 5.73 Å². The van der Waals surface area contributed by atoms with Gasteiger partial charge in [-0.1, -0.05) is 36.4 Å². The Kier molecular flexibility index (Phi) is 3.57. The Morgan fingerprint density at radius 1 is 1.00 bits per heavy atom. The Morgan fingerprint density at radius 2 is 1.67 bits per heavy atom. The quantitative estimate of drug-likeness (QED) is 0.872. The molecule has 4 heteroatoms. The summed E-state index contributed by atoms with van der Waals surface area (Å²) >= 11 is 0. The minimum atomic E-state index is -4.14. The van der Waals surface area contributed by atoms with Crippen molar-refractivity contribution in [2.45, 2.75) is 25.1 Å². The van der Waals surface area contributed by atoms with E-state index >= 15 is 0 Å². The van der Waals surface area contributed by atoms with Crippen LogP contribution in [0.15, 0.2) is 42.5 Å². The number of halogens is 3. The molecule has 0 spiro atoms. The summed E-state index contributed by atoms with van der Waals surface area (Å²) in [5, 5.41) is 2.06. The molecule has 2 rings (SSSR count). The van der Waals surface area contributed by atoms with Gasteiger partial charge in [-0.15, -0.1) is 0 Å². The topological polar surface area (TPSA) is 26.0 Å². The van der Waals surface area contributed by atoms with Crippen molar-refractivity contribution in [1.82, 2.24) is 0 Å². The normalized spacial score (nSPS) is 13.8. The number of hydrogen-bond donors (Lipinski definition) is 1. The predicted molar refractivity (Wildman–Crippen MR) is 66.2 cm³/mol.